The van der Waals surface area contributed by atoms with Crippen LogP contribution >= 0.6 is 0 Å². The summed E-state index contributed by atoms with van der Waals surface area (Å²) < 4.78 is 0. The Hall–Kier alpha value is -1.75. The van der Waals surface area contributed by atoms with Gasteiger partial charge in [0, 0.05) is 51.6 Å². The highest BCUT2D eigenvalue weighted by atomic mass is 16.2. The van der Waals surface area contributed by atoms with Crippen LogP contribution in [0, 0.1) is 0 Å². The minimum absolute atomic E-state index is 0.183. The average molecular weight is 290 g/mol. The van der Waals surface area contributed by atoms with Gasteiger partial charge in [-0.25, -0.2) is 0 Å². The van der Waals surface area contributed by atoms with Crippen LogP contribution < -0.4 is 10.2 Å². The standard InChI is InChI=1S/C16H26N4O/c1-4-19-9-11-20(12-10-19)16(21)13-17-14-5-7-15(8-6-14)18(2)3/h5-8,17H,4,9-13H2,1-3H3. The number of hydrogen-bond acceptors (Lipinski definition) is 4. The van der Waals surface area contributed by atoms with E-state index >= 15 is 0 Å². The molecule has 0 atom stereocenters. The molecule has 5 nitrogen and oxygen atoms in total. The van der Waals surface area contributed by atoms with Gasteiger partial charge in [0.25, 0.3) is 0 Å². The van der Waals surface area contributed by atoms with Gasteiger partial charge in [-0.2, -0.15) is 0 Å². The summed E-state index contributed by atoms with van der Waals surface area (Å²) in [4.78, 5) is 18.6. The van der Waals surface area contributed by atoms with Crippen LogP contribution in [0.25, 0.3) is 0 Å². The SMILES string of the molecule is CCN1CCN(C(=O)CNc2ccc(N(C)C)cc2)CC1. The number of anilines is 2. The minimum atomic E-state index is 0.183. The van der Waals surface area contributed by atoms with Crippen LogP contribution in [0.5, 0.6) is 0 Å². The number of carbonyl (C=O) groups is 1. The first-order valence-corrected chi connectivity index (χ1v) is 7.61. The van der Waals surface area contributed by atoms with Gasteiger partial charge in [0.05, 0.1) is 6.54 Å². The molecule has 2 rings (SSSR count). The van der Waals surface area contributed by atoms with Crippen molar-refractivity contribution in [3.8, 4) is 0 Å². The Balaban J connectivity index is 1.78. The van der Waals surface area contributed by atoms with E-state index in [1.54, 1.807) is 0 Å². The van der Waals surface area contributed by atoms with Gasteiger partial charge in [0.1, 0.15) is 0 Å². The molecule has 21 heavy (non-hydrogen) atoms. The molecule has 0 aromatic heterocycles. The van der Waals surface area contributed by atoms with Crippen LogP contribution in [0.2, 0.25) is 0 Å². The summed E-state index contributed by atoms with van der Waals surface area (Å²) in [5.74, 6) is 0.183. The second kappa shape index (κ2) is 7.31. The summed E-state index contributed by atoms with van der Waals surface area (Å²) in [6.07, 6.45) is 0. The molecule has 1 heterocycles. The van der Waals surface area contributed by atoms with Crippen LogP contribution in [-0.2, 0) is 4.79 Å². The fourth-order valence-electron chi connectivity index (χ4n) is 2.48. The van der Waals surface area contributed by atoms with E-state index in [2.05, 4.69) is 22.0 Å². The molecule has 0 saturated carbocycles. The van der Waals surface area contributed by atoms with Crippen molar-refractivity contribution in [1.82, 2.24) is 9.80 Å². The largest absolute Gasteiger partial charge is 0.378 e. The van der Waals surface area contributed by atoms with Crippen molar-refractivity contribution in [1.29, 1.82) is 0 Å². The second-order valence-corrected chi connectivity index (χ2v) is 5.61. The molecule has 1 aromatic rings. The zero-order chi connectivity index (χ0) is 15.2. The fourth-order valence-corrected chi connectivity index (χ4v) is 2.48. The maximum absolute atomic E-state index is 12.2. The normalized spacial score (nSPS) is 15.9. The lowest BCUT2D eigenvalue weighted by Crippen LogP contribution is -2.49. The topological polar surface area (TPSA) is 38.8 Å². The van der Waals surface area contributed by atoms with Crippen molar-refractivity contribution in [3.63, 3.8) is 0 Å². The molecule has 1 fully saturated rings. The maximum atomic E-state index is 12.2. The van der Waals surface area contributed by atoms with Crippen molar-refractivity contribution in [3.05, 3.63) is 24.3 Å². The highest BCUT2D eigenvalue weighted by Gasteiger charge is 2.19. The van der Waals surface area contributed by atoms with Crippen LogP contribution in [0.1, 0.15) is 6.92 Å². The molecule has 0 aliphatic carbocycles. The fraction of sp³-hybridized carbons (Fsp3) is 0.562. The summed E-state index contributed by atoms with van der Waals surface area (Å²) in [6, 6.07) is 8.12. The molecule has 0 radical (unpaired) electrons. The van der Waals surface area contributed by atoms with Gasteiger partial charge in [-0.1, -0.05) is 6.92 Å². The molecule has 1 amide bonds. The third-order valence-electron chi connectivity index (χ3n) is 4.00. The van der Waals surface area contributed by atoms with Gasteiger partial charge in [-0.3, -0.25) is 4.79 Å². The Labute approximate surface area is 127 Å². The Morgan fingerprint density at radius 1 is 1.14 bits per heavy atom. The zero-order valence-corrected chi connectivity index (χ0v) is 13.3. The zero-order valence-electron chi connectivity index (χ0n) is 13.3. The van der Waals surface area contributed by atoms with E-state index in [0.29, 0.717) is 6.54 Å². The monoisotopic (exact) mass is 290 g/mol. The van der Waals surface area contributed by atoms with Crippen LogP contribution in [0.15, 0.2) is 24.3 Å². The third-order valence-corrected chi connectivity index (χ3v) is 4.00. The number of benzene rings is 1. The third kappa shape index (κ3) is 4.36. The Bertz CT molecular complexity index is 450. The van der Waals surface area contributed by atoms with Gasteiger partial charge in [-0.05, 0) is 30.8 Å². The summed E-state index contributed by atoms with van der Waals surface area (Å²) >= 11 is 0. The smallest absolute Gasteiger partial charge is 0.241 e. The van der Waals surface area contributed by atoms with Crippen molar-refractivity contribution < 1.29 is 4.79 Å². The first-order valence-electron chi connectivity index (χ1n) is 7.61. The van der Waals surface area contributed by atoms with E-state index in [0.717, 1.165) is 44.1 Å². The van der Waals surface area contributed by atoms with E-state index in [-0.39, 0.29) is 5.91 Å². The number of amides is 1. The second-order valence-electron chi connectivity index (χ2n) is 5.61. The van der Waals surface area contributed by atoms with Crippen molar-refractivity contribution in [2.24, 2.45) is 0 Å². The number of carbonyl (C=O) groups excluding carboxylic acids is 1. The van der Waals surface area contributed by atoms with E-state index in [4.69, 9.17) is 0 Å². The van der Waals surface area contributed by atoms with Gasteiger partial charge in [0.15, 0.2) is 0 Å². The molecule has 1 aliphatic rings. The molecule has 5 heteroatoms. The average Bonchev–Trinajstić information content (AvgIpc) is 2.53. The summed E-state index contributed by atoms with van der Waals surface area (Å²) in [6.45, 7) is 7.25. The van der Waals surface area contributed by atoms with Crippen molar-refractivity contribution in [2.45, 2.75) is 6.92 Å². The predicted octanol–water partition coefficient (Wildman–Crippen LogP) is 1.33. The van der Waals surface area contributed by atoms with Crippen LogP contribution in [0.4, 0.5) is 11.4 Å². The van der Waals surface area contributed by atoms with Crippen molar-refractivity contribution >= 4 is 17.3 Å². The van der Waals surface area contributed by atoms with E-state index in [1.807, 2.05) is 43.3 Å². The molecular weight excluding hydrogens is 264 g/mol. The molecular formula is C16H26N4O. The van der Waals surface area contributed by atoms with Crippen LogP contribution in [-0.4, -0.2) is 69.1 Å². The molecule has 1 aliphatic heterocycles. The van der Waals surface area contributed by atoms with Gasteiger partial charge >= 0.3 is 0 Å². The number of likely N-dealkylation sites (N-methyl/N-ethyl adjacent to an activating group) is 1. The predicted molar refractivity (Wildman–Crippen MR) is 88.0 cm³/mol. The number of nitrogens with zero attached hydrogens (tertiary/aromatic N) is 3. The van der Waals surface area contributed by atoms with Crippen LogP contribution in [0.3, 0.4) is 0 Å². The quantitative estimate of drug-likeness (QED) is 0.888. The molecule has 0 unspecified atom stereocenters. The maximum Gasteiger partial charge on any atom is 0.241 e. The lowest BCUT2D eigenvalue weighted by atomic mass is 10.2. The number of piperazine rings is 1. The Kier molecular flexibility index (Phi) is 5.44. The van der Waals surface area contributed by atoms with Gasteiger partial charge in [-0.15, -0.1) is 0 Å². The van der Waals surface area contributed by atoms with Gasteiger partial charge < -0.3 is 20.0 Å². The molecule has 0 spiro atoms. The van der Waals surface area contributed by atoms with E-state index in [1.165, 1.54) is 0 Å². The van der Waals surface area contributed by atoms with Crippen molar-refractivity contribution in [2.75, 3.05) is 63.6 Å². The minimum Gasteiger partial charge on any atom is -0.378 e. The van der Waals surface area contributed by atoms with Gasteiger partial charge in [0.2, 0.25) is 5.91 Å². The molecule has 116 valence electrons. The summed E-state index contributed by atoms with van der Waals surface area (Å²) in [7, 11) is 4.03. The summed E-state index contributed by atoms with van der Waals surface area (Å²) in [5, 5.41) is 3.21. The Morgan fingerprint density at radius 3 is 2.29 bits per heavy atom. The first-order chi connectivity index (χ1) is 10.1. The highest BCUT2D eigenvalue weighted by molar-refractivity contribution is 5.81. The molecule has 1 N–H and O–H groups in total. The number of nitrogens with one attached hydrogen (secondary N) is 1. The molecule has 1 saturated heterocycles. The number of rotatable bonds is 5. The molecule has 1 aromatic carbocycles. The highest BCUT2D eigenvalue weighted by Crippen LogP contribution is 2.15. The number of hydrogen-bond donors (Lipinski definition) is 1. The van der Waals surface area contributed by atoms with E-state index < -0.39 is 0 Å². The summed E-state index contributed by atoms with van der Waals surface area (Å²) in [5.41, 5.74) is 2.14. The molecule has 0 bridgehead atoms. The Morgan fingerprint density at radius 2 is 1.76 bits per heavy atom. The first kappa shape index (κ1) is 15.6. The lowest BCUT2D eigenvalue weighted by Gasteiger charge is -2.34. The lowest BCUT2D eigenvalue weighted by molar-refractivity contribution is -0.131. The van der Waals surface area contributed by atoms with E-state index in [9.17, 15) is 4.79 Å².